The topological polar surface area (TPSA) is 46.3 Å². The summed E-state index contributed by atoms with van der Waals surface area (Å²) in [7, 11) is 0. The summed E-state index contributed by atoms with van der Waals surface area (Å²) >= 11 is 1.54. The molecule has 5 heteroatoms. The minimum atomic E-state index is 0.0156. The number of aromatic nitrogens is 1. The van der Waals surface area contributed by atoms with Gasteiger partial charge in [0.1, 0.15) is 5.76 Å². The summed E-state index contributed by atoms with van der Waals surface area (Å²) in [6.45, 7) is 6.50. The third-order valence-corrected chi connectivity index (χ3v) is 5.93. The molecule has 2 aromatic carbocycles. The summed E-state index contributed by atoms with van der Waals surface area (Å²) in [5.74, 6) is 0.757. The van der Waals surface area contributed by atoms with Gasteiger partial charge in [-0.1, -0.05) is 47.2 Å². The molecular formula is C23H22N2O2S. The van der Waals surface area contributed by atoms with E-state index in [9.17, 15) is 4.79 Å². The quantitative estimate of drug-likeness (QED) is 0.446. The van der Waals surface area contributed by atoms with Crippen LogP contribution in [0, 0.1) is 20.8 Å². The van der Waals surface area contributed by atoms with Crippen molar-refractivity contribution in [2.24, 2.45) is 0 Å². The summed E-state index contributed by atoms with van der Waals surface area (Å²) < 4.78 is 6.59. The summed E-state index contributed by atoms with van der Waals surface area (Å²) in [6.07, 6.45) is 1.97. The molecule has 2 heterocycles. The highest BCUT2D eigenvalue weighted by atomic mass is 32.1. The van der Waals surface area contributed by atoms with Crippen LogP contribution in [0.15, 0.2) is 59.2 Å². The first-order valence-corrected chi connectivity index (χ1v) is 10.1. The Kier molecular flexibility index (Phi) is 5.01. The summed E-state index contributed by atoms with van der Waals surface area (Å²) in [5.41, 5.74) is 5.39. The second-order valence-corrected chi connectivity index (χ2v) is 8.09. The van der Waals surface area contributed by atoms with Gasteiger partial charge < -0.3 is 4.42 Å². The number of para-hydroxylation sites is 1. The maximum absolute atomic E-state index is 13.3. The number of fused-ring (bicyclic) bond motifs is 1. The Balaban J connectivity index is 1.71. The number of hydrogen-bond donors (Lipinski definition) is 0. The number of thiazole rings is 1. The zero-order valence-electron chi connectivity index (χ0n) is 16.2. The summed E-state index contributed by atoms with van der Waals surface area (Å²) in [4.78, 5) is 19.8. The van der Waals surface area contributed by atoms with E-state index in [0.29, 0.717) is 18.1 Å². The van der Waals surface area contributed by atoms with E-state index in [2.05, 4.69) is 18.2 Å². The Bertz CT molecular complexity index is 1130. The van der Waals surface area contributed by atoms with E-state index in [-0.39, 0.29) is 5.91 Å². The van der Waals surface area contributed by atoms with Crippen molar-refractivity contribution in [2.45, 2.75) is 33.7 Å². The molecule has 0 fully saturated rings. The number of nitrogens with zero attached hydrogens (tertiary/aromatic N) is 2. The fraction of sp³-hybridized carbons (Fsp3) is 0.217. The Morgan fingerprint density at radius 3 is 2.68 bits per heavy atom. The molecular weight excluding hydrogens is 368 g/mol. The predicted octanol–water partition coefficient (Wildman–Crippen LogP) is 5.59. The van der Waals surface area contributed by atoms with Gasteiger partial charge in [0.2, 0.25) is 5.91 Å². The van der Waals surface area contributed by atoms with Crippen LogP contribution < -0.4 is 4.90 Å². The molecule has 4 nitrogen and oxygen atoms in total. The van der Waals surface area contributed by atoms with Crippen LogP contribution in [0.2, 0.25) is 0 Å². The largest absolute Gasteiger partial charge is 0.467 e. The van der Waals surface area contributed by atoms with Crippen molar-refractivity contribution in [1.29, 1.82) is 0 Å². The van der Waals surface area contributed by atoms with E-state index in [0.717, 1.165) is 38.2 Å². The fourth-order valence-corrected chi connectivity index (χ4v) is 4.32. The predicted molar refractivity (Wildman–Crippen MR) is 114 cm³/mol. The highest BCUT2D eigenvalue weighted by Crippen LogP contribution is 2.32. The van der Waals surface area contributed by atoms with E-state index in [1.165, 1.54) is 11.3 Å². The SMILES string of the molecule is Cc1ccc(C)c(CC(=O)N(Cc2ccco2)c2nc3c(C)cccc3s2)c1. The third kappa shape index (κ3) is 3.71. The van der Waals surface area contributed by atoms with Gasteiger partial charge in [0.25, 0.3) is 0 Å². The normalized spacial score (nSPS) is 11.1. The lowest BCUT2D eigenvalue weighted by atomic mass is 10.0. The Hall–Kier alpha value is -2.92. The van der Waals surface area contributed by atoms with Crippen molar-refractivity contribution in [2.75, 3.05) is 4.90 Å². The van der Waals surface area contributed by atoms with Crippen molar-refractivity contribution < 1.29 is 9.21 Å². The van der Waals surface area contributed by atoms with Crippen molar-refractivity contribution in [3.8, 4) is 0 Å². The molecule has 0 aliphatic rings. The zero-order chi connectivity index (χ0) is 19.7. The van der Waals surface area contributed by atoms with Crippen molar-refractivity contribution in [3.05, 3.63) is 82.8 Å². The Labute approximate surface area is 168 Å². The summed E-state index contributed by atoms with van der Waals surface area (Å²) in [6, 6.07) is 16.1. The van der Waals surface area contributed by atoms with Crippen LogP contribution in [0.4, 0.5) is 5.13 Å². The average Bonchev–Trinajstić information content (AvgIpc) is 3.32. The van der Waals surface area contributed by atoms with E-state index < -0.39 is 0 Å². The number of anilines is 1. The number of hydrogen-bond acceptors (Lipinski definition) is 4. The summed E-state index contributed by atoms with van der Waals surface area (Å²) in [5, 5.41) is 0.705. The van der Waals surface area contributed by atoms with Crippen LogP contribution in [0.25, 0.3) is 10.2 Å². The number of furan rings is 1. The number of carbonyl (C=O) groups excluding carboxylic acids is 1. The van der Waals surface area contributed by atoms with E-state index in [1.54, 1.807) is 11.2 Å². The molecule has 0 aliphatic heterocycles. The van der Waals surface area contributed by atoms with Gasteiger partial charge in [-0.15, -0.1) is 0 Å². The fourth-order valence-electron chi connectivity index (χ4n) is 3.26. The molecule has 0 atom stereocenters. The molecule has 4 rings (SSSR count). The highest BCUT2D eigenvalue weighted by molar-refractivity contribution is 7.22. The lowest BCUT2D eigenvalue weighted by molar-refractivity contribution is -0.118. The molecule has 0 unspecified atom stereocenters. The van der Waals surface area contributed by atoms with Crippen LogP contribution in [0.3, 0.4) is 0 Å². The van der Waals surface area contributed by atoms with E-state index >= 15 is 0 Å². The molecule has 0 spiro atoms. The van der Waals surface area contributed by atoms with E-state index in [4.69, 9.17) is 9.40 Å². The van der Waals surface area contributed by atoms with Crippen LogP contribution in [0.1, 0.15) is 28.0 Å². The van der Waals surface area contributed by atoms with Crippen LogP contribution in [0.5, 0.6) is 0 Å². The zero-order valence-corrected chi connectivity index (χ0v) is 17.0. The Morgan fingerprint density at radius 1 is 1.07 bits per heavy atom. The van der Waals surface area contributed by atoms with Crippen LogP contribution >= 0.6 is 11.3 Å². The molecule has 1 amide bonds. The number of rotatable bonds is 5. The molecule has 142 valence electrons. The minimum absolute atomic E-state index is 0.0156. The van der Waals surface area contributed by atoms with Gasteiger partial charge in [-0.25, -0.2) is 4.98 Å². The molecule has 0 saturated carbocycles. The number of benzene rings is 2. The minimum Gasteiger partial charge on any atom is -0.467 e. The second-order valence-electron chi connectivity index (χ2n) is 7.08. The van der Waals surface area contributed by atoms with Crippen molar-refractivity contribution in [3.63, 3.8) is 0 Å². The monoisotopic (exact) mass is 390 g/mol. The first kappa shape index (κ1) is 18.4. The molecule has 28 heavy (non-hydrogen) atoms. The van der Waals surface area contributed by atoms with Crippen molar-refractivity contribution >= 4 is 32.6 Å². The molecule has 0 radical (unpaired) electrons. The second kappa shape index (κ2) is 7.60. The third-order valence-electron chi connectivity index (χ3n) is 4.88. The molecule has 0 bridgehead atoms. The number of carbonyl (C=O) groups is 1. The molecule has 2 aromatic heterocycles. The average molecular weight is 391 g/mol. The molecule has 0 aliphatic carbocycles. The first-order chi connectivity index (χ1) is 13.5. The van der Waals surface area contributed by atoms with Crippen LogP contribution in [-0.2, 0) is 17.8 Å². The van der Waals surface area contributed by atoms with Gasteiger partial charge >= 0.3 is 0 Å². The lowest BCUT2D eigenvalue weighted by Gasteiger charge is -2.19. The lowest BCUT2D eigenvalue weighted by Crippen LogP contribution is -2.31. The van der Waals surface area contributed by atoms with Gasteiger partial charge in [0, 0.05) is 0 Å². The van der Waals surface area contributed by atoms with Crippen molar-refractivity contribution in [1.82, 2.24) is 4.98 Å². The standard InChI is InChI=1S/C23H22N2O2S/c1-15-9-10-16(2)18(12-15)13-21(26)25(14-19-7-5-11-27-19)23-24-22-17(3)6-4-8-20(22)28-23/h4-12H,13-14H2,1-3H3. The maximum atomic E-state index is 13.3. The maximum Gasteiger partial charge on any atom is 0.233 e. The molecule has 4 aromatic rings. The molecule has 0 N–H and O–H groups in total. The van der Waals surface area contributed by atoms with E-state index in [1.807, 2.05) is 51.1 Å². The molecule has 0 saturated heterocycles. The number of aryl methyl sites for hydroxylation is 3. The highest BCUT2D eigenvalue weighted by Gasteiger charge is 2.22. The smallest absolute Gasteiger partial charge is 0.233 e. The van der Waals surface area contributed by atoms with Gasteiger partial charge in [0.05, 0.1) is 29.4 Å². The van der Waals surface area contributed by atoms with Gasteiger partial charge in [-0.2, -0.15) is 0 Å². The van der Waals surface area contributed by atoms with Crippen LogP contribution in [-0.4, -0.2) is 10.9 Å². The van der Waals surface area contributed by atoms with Gasteiger partial charge in [-0.05, 0) is 55.7 Å². The van der Waals surface area contributed by atoms with Gasteiger partial charge in [0.15, 0.2) is 5.13 Å². The Morgan fingerprint density at radius 2 is 1.93 bits per heavy atom. The van der Waals surface area contributed by atoms with Gasteiger partial charge in [-0.3, -0.25) is 9.69 Å². The number of amides is 1. The first-order valence-electron chi connectivity index (χ1n) is 9.26.